The molecule has 0 saturated heterocycles. The molecular weight excluding hydrogens is 372 g/mol. The Morgan fingerprint density at radius 3 is 2.70 bits per heavy atom. The van der Waals surface area contributed by atoms with Crippen LogP contribution in [0, 0.1) is 0 Å². The van der Waals surface area contributed by atoms with Gasteiger partial charge in [0.05, 0.1) is 15.8 Å². The fourth-order valence-electron chi connectivity index (χ4n) is 2.86. The number of benzene rings is 3. The number of amides is 1. The molecule has 3 aromatic carbocycles. The molecule has 0 saturated carbocycles. The molecule has 0 fully saturated rings. The zero-order valence-corrected chi connectivity index (χ0v) is 16.4. The summed E-state index contributed by atoms with van der Waals surface area (Å²) in [6.07, 6.45) is 0. The van der Waals surface area contributed by atoms with Crippen molar-refractivity contribution in [3.8, 4) is 10.6 Å². The van der Waals surface area contributed by atoms with Gasteiger partial charge in [0.25, 0.3) is 5.91 Å². The van der Waals surface area contributed by atoms with Gasteiger partial charge in [-0.2, -0.15) is 0 Å². The maximum atomic E-state index is 12.8. The van der Waals surface area contributed by atoms with Crippen molar-refractivity contribution in [3.63, 3.8) is 0 Å². The lowest BCUT2D eigenvalue weighted by Crippen LogP contribution is -2.13. The Morgan fingerprint density at radius 2 is 1.85 bits per heavy atom. The molecular formula is C22H18N2OS2. The van der Waals surface area contributed by atoms with E-state index in [1.807, 2.05) is 66.7 Å². The molecule has 0 unspecified atom stereocenters. The lowest BCUT2D eigenvalue weighted by Gasteiger charge is -2.10. The van der Waals surface area contributed by atoms with E-state index in [1.165, 1.54) is 0 Å². The molecule has 0 radical (unpaired) electrons. The highest BCUT2D eigenvalue weighted by atomic mass is 32.2. The van der Waals surface area contributed by atoms with Gasteiger partial charge >= 0.3 is 0 Å². The number of carbonyl (C=O) groups is 1. The number of aromatic nitrogens is 1. The molecule has 5 heteroatoms. The molecule has 134 valence electrons. The van der Waals surface area contributed by atoms with Crippen LogP contribution < -0.4 is 5.32 Å². The average Bonchev–Trinajstić information content (AvgIpc) is 3.13. The van der Waals surface area contributed by atoms with Gasteiger partial charge in [-0.05, 0) is 42.2 Å². The van der Waals surface area contributed by atoms with Gasteiger partial charge in [0.2, 0.25) is 0 Å². The number of thioether (sulfide) groups is 1. The predicted molar refractivity (Wildman–Crippen MR) is 116 cm³/mol. The molecule has 1 heterocycles. The summed E-state index contributed by atoms with van der Waals surface area (Å²) in [6, 6.07) is 23.7. The molecule has 1 N–H and O–H groups in total. The number of fused-ring (bicyclic) bond motifs is 1. The van der Waals surface area contributed by atoms with Crippen LogP contribution in [-0.4, -0.2) is 16.6 Å². The van der Waals surface area contributed by atoms with Gasteiger partial charge in [0.1, 0.15) is 5.01 Å². The summed E-state index contributed by atoms with van der Waals surface area (Å²) in [5.41, 5.74) is 3.48. The fraction of sp³-hybridized carbons (Fsp3) is 0.0909. The Balaban J connectivity index is 1.60. The third-order valence-electron chi connectivity index (χ3n) is 4.09. The highest BCUT2D eigenvalue weighted by Crippen LogP contribution is 2.31. The first-order chi connectivity index (χ1) is 13.2. The van der Waals surface area contributed by atoms with E-state index >= 15 is 0 Å². The van der Waals surface area contributed by atoms with Crippen LogP contribution in [0.3, 0.4) is 0 Å². The van der Waals surface area contributed by atoms with Crippen molar-refractivity contribution < 1.29 is 4.79 Å². The second-order valence-corrected chi connectivity index (χ2v) is 8.29. The first kappa shape index (κ1) is 17.8. The minimum absolute atomic E-state index is 0.0898. The van der Waals surface area contributed by atoms with Crippen molar-refractivity contribution in [2.24, 2.45) is 0 Å². The molecule has 1 aromatic heterocycles. The third-order valence-corrected chi connectivity index (χ3v) is 6.13. The SMILES string of the molecule is CCSc1ccccc1C(=O)Nc1cccc(-c2nc3ccccc3s2)c1. The molecule has 4 rings (SSSR count). The van der Waals surface area contributed by atoms with E-state index < -0.39 is 0 Å². The van der Waals surface area contributed by atoms with Crippen LogP contribution in [0.1, 0.15) is 17.3 Å². The van der Waals surface area contributed by atoms with Crippen LogP contribution in [0.4, 0.5) is 5.69 Å². The minimum atomic E-state index is -0.0898. The number of rotatable bonds is 5. The highest BCUT2D eigenvalue weighted by Gasteiger charge is 2.12. The number of nitrogens with zero attached hydrogens (tertiary/aromatic N) is 1. The first-order valence-corrected chi connectivity index (χ1v) is 10.5. The lowest BCUT2D eigenvalue weighted by molar-refractivity contribution is 0.102. The average molecular weight is 391 g/mol. The number of carbonyl (C=O) groups excluding carboxylic acids is 1. The lowest BCUT2D eigenvalue weighted by atomic mass is 10.1. The summed E-state index contributed by atoms with van der Waals surface area (Å²) in [5, 5.41) is 3.98. The second kappa shape index (κ2) is 7.94. The molecule has 0 aliphatic rings. The van der Waals surface area contributed by atoms with E-state index in [-0.39, 0.29) is 5.91 Å². The summed E-state index contributed by atoms with van der Waals surface area (Å²) >= 11 is 3.33. The van der Waals surface area contributed by atoms with Crippen molar-refractivity contribution in [2.75, 3.05) is 11.1 Å². The number of hydrogen-bond acceptors (Lipinski definition) is 4. The Hall–Kier alpha value is -2.63. The fourth-order valence-corrected chi connectivity index (χ4v) is 4.62. The van der Waals surface area contributed by atoms with Crippen molar-refractivity contribution in [1.82, 2.24) is 4.98 Å². The maximum Gasteiger partial charge on any atom is 0.256 e. The van der Waals surface area contributed by atoms with Crippen molar-refractivity contribution in [2.45, 2.75) is 11.8 Å². The summed E-state index contributed by atoms with van der Waals surface area (Å²) in [4.78, 5) is 18.5. The Morgan fingerprint density at radius 1 is 1.04 bits per heavy atom. The maximum absolute atomic E-state index is 12.8. The summed E-state index contributed by atoms with van der Waals surface area (Å²) in [6.45, 7) is 2.08. The Kier molecular flexibility index (Phi) is 5.23. The minimum Gasteiger partial charge on any atom is -0.322 e. The standard InChI is InChI=1S/C22H18N2OS2/c1-2-26-19-12-5-3-10-17(19)21(25)23-16-9-7-8-15(14-16)22-24-18-11-4-6-13-20(18)27-22/h3-14H,2H2,1H3,(H,23,25). The van der Waals surface area contributed by atoms with Gasteiger partial charge in [-0.25, -0.2) is 4.98 Å². The second-order valence-electron chi connectivity index (χ2n) is 5.95. The molecule has 1 amide bonds. The molecule has 0 spiro atoms. The summed E-state index contributed by atoms with van der Waals surface area (Å²) in [5.74, 6) is 0.838. The zero-order valence-electron chi connectivity index (χ0n) is 14.8. The van der Waals surface area contributed by atoms with Gasteiger partial charge in [-0.1, -0.05) is 43.3 Å². The third kappa shape index (κ3) is 3.89. The first-order valence-electron chi connectivity index (χ1n) is 8.74. The summed E-state index contributed by atoms with van der Waals surface area (Å²) in [7, 11) is 0. The molecule has 0 aliphatic carbocycles. The quantitative estimate of drug-likeness (QED) is 0.405. The molecule has 0 atom stereocenters. The van der Waals surface area contributed by atoms with Crippen molar-refractivity contribution in [1.29, 1.82) is 0 Å². The van der Waals surface area contributed by atoms with Crippen LogP contribution in [0.25, 0.3) is 20.8 Å². The van der Waals surface area contributed by atoms with Crippen LogP contribution in [0.15, 0.2) is 77.7 Å². The largest absolute Gasteiger partial charge is 0.322 e. The molecule has 0 aliphatic heterocycles. The number of thiazole rings is 1. The number of para-hydroxylation sites is 1. The van der Waals surface area contributed by atoms with E-state index in [9.17, 15) is 4.79 Å². The zero-order chi connectivity index (χ0) is 18.6. The van der Waals surface area contributed by atoms with E-state index in [2.05, 4.69) is 18.3 Å². The molecule has 0 bridgehead atoms. The van der Waals surface area contributed by atoms with Crippen LogP contribution in [0.2, 0.25) is 0 Å². The van der Waals surface area contributed by atoms with Gasteiger partial charge in [-0.15, -0.1) is 23.1 Å². The van der Waals surface area contributed by atoms with Crippen LogP contribution in [0.5, 0.6) is 0 Å². The molecule has 27 heavy (non-hydrogen) atoms. The molecule has 4 aromatic rings. The van der Waals surface area contributed by atoms with E-state index in [1.54, 1.807) is 23.1 Å². The van der Waals surface area contributed by atoms with Crippen molar-refractivity contribution >= 4 is 44.9 Å². The van der Waals surface area contributed by atoms with Crippen LogP contribution >= 0.6 is 23.1 Å². The van der Waals surface area contributed by atoms with E-state index in [4.69, 9.17) is 4.98 Å². The van der Waals surface area contributed by atoms with Crippen molar-refractivity contribution in [3.05, 3.63) is 78.4 Å². The normalized spacial score (nSPS) is 10.9. The Labute approximate surface area is 166 Å². The van der Waals surface area contributed by atoms with E-state index in [0.29, 0.717) is 5.56 Å². The Bertz CT molecular complexity index is 1070. The number of hydrogen-bond donors (Lipinski definition) is 1. The topological polar surface area (TPSA) is 42.0 Å². The monoisotopic (exact) mass is 390 g/mol. The van der Waals surface area contributed by atoms with Gasteiger partial charge in [-0.3, -0.25) is 4.79 Å². The molecule has 3 nitrogen and oxygen atoms in total. The predicted octanol–water partition coefficient (Wildman–Crippen LogP) is 6.33. The number of nitrogens with one attached hydrogen (secondary N) is 1. The van der Waals surface area contributed by atoms with Gasteiger partial charge < -0.3 is 5.32 Å². The highest BCUT2D eigenvalue weighted by molar-refractivity contribution is 7.99. The van der Waals surface area contributed by atoms with Crippen LogP contribution in [-0.2, 0) is 0 Å². The number of anilines is 1. The van der Waals surface area contributed by atoms with Gasteiger partial charge in [0.15, 0.2) is 0 Å². The smallest absolute Gasteiger partial charge is 0.256 e. The summed E-state index contributed by atoms with van der Waals surface area (Å²) < 4.78 is 1.16. The van der Waals surface area contributed by atoms with Gasteiger partial charge in [0, 0.05) is 16.1 Å². The van der Waals surface area contributed by atoms with E-state index in [0.717, 1.165) is 37.1 Å².